The molecule has 2 unspecified atom stereocenters. The lowest BCUT2D eigenvalue weighted by Gasteiger charge is -2.32. The zero-order valence-electron chi connectivity index (χ0n) is 31.4. The third kappa shape index (κ3) is 10.00. The fraction of sp³-hybridized carbons (Fsp3) is 0.378. The molecule has 1 fully saturated rings. The van der Waals surface area contributed by atoms with Crippen LogP contribution in [0.15, 0.2) is 84.1 Å². The number of carbonyl (C=O) groups is 1. The normalized spacial score (nSPS) is 21.5. The van der Waals surface area contributed by atoms with Gasteiger partial charge in [-0.1, -0.05) is 36.4 Å². The SMILES string of the molecule is CC(OCCc1ccc([N+](=O)[O-])cc1)O[C@@H]1[C@H](O)[C@@H](CO)O[C@H]1n1cnc2c1NC(N)(C(=O)OCCc1ccc([N+](=O)[O-])cc1)N=C2OCCc1ccc([N+](=O)[O-])cc1. The summed E-state index contributed by atoms with van der Waals surface area (Å²) in [6.07, 6.45) is -3.61. The second kappa shape index (κ2) is 18.4. The highest BCUT2D eigenvalue weighted by Crippen LogP contribution is 2.38. The molecule has 0 saturated carbocycles. The number of ether oxygens (including phenoxy) is 5. The van der Waals surface area contributed by atoms with Crippen LogP contribution in [0.5, 0.6) is 0 Å². The Labute approximate surface area is 334 Å². The zero-order valence-corrected chi connectivity index (χ0v) is 31.4. The van der Waals surface area contributed by atoms with Crippen molar-refractivity contribution in [2.24, 2.45) is 10.7 Å². The molecule has 6 atom stereocenters. The average molecular weight is 821 g/mol. The van der Waals surface area contributed by atoms with E-state index in [1.54, 1.807) is 31.2 Å². The van der Waals surface area contributed by atoms with E-state index in [0.717, 1.165) is 5.56 Å². The Morgan fingerprint density at radius 2 is 1.39 bits per heavy atom. The van der Waals surface area contributed by atoms with Crippen LogP contribution in [0, 0.1) is 30.3 Å². The number of aliphatic hydroxyl groups excluding tert-OH is 2. The first kappa shape index (κ1) is 42.2. The third-order valence-electron chi connectivity index (χ3n) is 9.45. The van der Waals surface area contributed by atoms with Crippen molar-refractivity contribution in [3.05, 3.63) is 132 Å². The smallest absolute Gasteiger partial charge is 0.371 e. The number of nitrogens with zero attached hydrogens (tertiary/aromatic N) is 6. The van der Waals surface area contributed by atoms with E-state index < -0.39 is 64.0 Å². The summed E-state index contributed by atoms with van der Waals surface area (Å²) in [5, 5.41) is 57.2. The molecule has 0 aliphatic carbocycles. The lowest BCUT2D eigenvalue weighted by atomic mass is 10.1. The standard InChI is InChI=1S/C37H40N8O14/c1-22(55-17-14-23-2-8-26(9-3-23)43(49)50)58-32-31(47)29(20-46)59-35(32)42-21-39-30-33(42)40-37(38,36(48)57-19-16-25-6-12-28(13-7-25)45(53)54)41-34(30)56-18-15-24-4-10-27(11-5-24)44(51)52/h2-13,21-22,29,31-32,35,40,46-47H,14-20,38H2,1H3/t22?,29-,31-,32-,35-,37?/m1/s1. The van der Waals surface area contributed by atoms with Crippen LogP contribution in [0.3, 0.4) is 0 Å². The van der Waals surface area contributed by atoms with Crippen molar-refractivity contribution >= 4 is 34.7 Å². The molecule has 3 aromatic carbocycles. The molecule has 2 aliphatic rings. The number of fused-ring (bicyclic) bond motifs is 1. The van der Waals surface area contributed by atoms with Crippen LogP contribution in [0.2, 0.25) is 0 Å². The maximum absolute atomic E-state index is 13.6. The quantitative estimate of drug-likeness (QED) is 0.0485. The molecule has 3 heterocycles. The summed E-state index contributed by atoms with van der Waals surface area (Å²) in [4.78, 5) is 54.0. The maximum Gasteiger partial charge on any atom is 0.371 e. The molecule has 0 spiro atoms. The van der Waals surface area contributed by atoms with Gasteiger partial charge in [-0.2, -0.15) is 4.99 Å². The molecule has 59 heavy (non-hydrogen) atoms. The van der Waals surface area contributed by atoms with Crippen LogP contribution in [0.1, 0.15) is 35.5 Å². The molecule has 0 radical (unpaired) electrons. The Morgan fingerprint density at radius 3 is 1.90 bits per heavy atom. The highest BCUT2D eigenvalue weighted by molar-refractivity contribution is 6.02. The summed E-state index contributed by atoms with van der Waals surface area (Å²) in [7, 11) is 0. The number of aliphatic imine (C=N–C) groups is 1. The zero-order chi connectivity index (χ0) is 42.3. The number of hydrogen-bond acceptors (Lipinski definition) is 18. The Morgan fingerprint density at radius 1 is 0.881 bits per heavy atom. The topological polar surface area (TPSA) is 301 Å². The molecule has 2 aliphatic heterocycles. The van der Waals surface area contributed by atoms with Crippen molar-refractivity contribution in [1.29, 1.82) is 0 Å². The summed E-state index contributed by atoms with van der Waals surface area (Å²) in [5.41, 5.74) is 8.57. The fourth-order valence-electron chi connectivity index (χ4n) is 6.29. The molecule has 4 aromatic rings. The van der Waals surface area contributed by atoms with Gasteiger partial charge in [-0.15, -0.1) is 0 Å². The van der Waals surface area contributed by atoms with Crippen LogP contribution in [0.4, 0.5) is 22.9 Å². The Hall–Kier alpha value is -6.43. The summed E-state index contributed by atoms with van der Waals surface area (Å²) < 4.78 is 30.9. The van der Waals surface area contributed by atoms with E-state index in [1.165, 1.54) is 59.4 Å². The van der Waals surface area contributed by atoms with Crippen molar-refractivity contribution in [1.82, 2.24) is 9.55 Å². The van der Waals surface area contributed by atoms with E-state index in [0.29, 0.717) is 17.5 Å². The predicted octanol–water partition coefficient (Wildman–Crippen LogP) is 2.68. The average Bonchev–Trinajstić information content (AvgIpc) is 3.77. The van der Waals surface area contributed by atoms with E-state index >= 15 is 0 Å². The minimum absolute atomic E-state index is 0.0279. The monoisotopic (exact) mass is 820 g/mol. The fourth-order valence-corrected chi connectivity index (χ4v) is 6.29. The number of rotatable bonds is 18. The van der Waals surface area contributed by atoms with Crippen LogP contribution in [-0.2, 0) is 47.7 Å². The van der Waals surface area contributed by atoms with Gasteiger partial charge in [0, 0.05) is 49.2 Å². The van der Waals surface area contributed by atoms with Crippen LogP contribution >= 0.6 is 0 Å². The first-order valence-electron chi connectivity index (χ1n) is 18.2. The van der Waals surface area contributed by atoms with Gasteiger partial charge in [0.1, 0.15) is 24.1 Å². The van der Waals surface area contributed by atoms with Crippen molar-refractivity contribution in [3.63, 3.8) is 0 Å². The van der Waals surface area contributed by atoms with Crippen molar-refractivity contribution < 1.29 is 53.5 Å². The summed E-state index contributed by atoms with van der Waals surface area (Å²) in [6.45, 7) is 0.952. The number of nitrogens with two attached hydrogens (primary N) is 1. The predicted molar refractivity (Wildman–Crippen MR) is 204 cm³/mol. The second-order valence-corrected chi connectivity index (χ2v) is 13.4. The van der Waals surface area contributed by atoms with Gasteiger partial charge in [0.2, 0.25) is 5.90 Å². The molecular weight excluding hydrogens is 780 g/mol. The third-order valence-corrected chi connectivity index (χ3v) is 9.45. The first-order chi connectivity index (χ1) is 28.3. The molecule has 312 valence electrons. The van der Waals surface area contributed by atoms with E-state index in [4.69, 9.17) is 29.4 Å². The van der Waals surface area contributed by atoms with Crippen molar-refractivity contribution in [2.45, 2.75) is 62.8 Å². The molecule has 1 saturated heterocycles. The summed E-state index contributed by atoms with van der Waals surface area (Å²) in [6, 6.07) is 17.6. The highest BCUT2D eigenvalue weighted by Gasteiger charge is 2.49. The minimum atomic E-state index is -2.30. The minimum Gasteiger partial charge on any atom is -0.476 e. The number of nitro benzene ring substituents is 3. The van der Waals surface area contributed by atoms with Gasteiger partial charge >= 0.3 is 5.97 Å². The van der Waals surface area contributed by atoms with E-state index in [-0.39, 0.29) is 67.1 Å². The van der Waals surface area contributed by atoms with Gasteiger partial charge in [-0.3, -0.25) is 40.6 Å². The molecule has 0 bridgehead atoms. The van der Waals surface area contributed by atoms with E-state index in [9.17, 15) is 45.4 Å². The van der Waals surface area contributed by atoms with Gasteiger partial charge in [-0.05, 0) is 30.0 Å². The van der Waals surface area contributed by atoms with E-state index in [2.05, 4.69) is 15.3 Å². The number of aliphatic hydroxyl groups is 2. The molecule has 22 nitrogen and oxygen atoms in total. The van der Waals surface area contributed by atoms with Crippen LogP contribution in [-0.4, -0.2) is 103 Å². The number of nitro groups is 3. The first-order valence-corrected chi connectivity index (χ1v) is 18.2. The van der Waals surface area contributed by atoms with Crippen molar-refractivity contribution in [2.75, 3.05) is 31.7 Å². The van der Waals surface area contributed by atoms with E-state index in [1.807, 2.05) is 0 Å². The van der Waals surface area contributed by atoms with Gasteiger partial charge in [0.05, 0.1) is 47.5 Å². The number of imidazole rings is 1. The number of benzene rings is 3. The molecule has 0 amide bonds. The summed E-state index contributed by atoms with van der Waals surface area (Å²) >= 11 is 0. The van der Waals surface area contributed by atoms with Crippen LogP contribution < -0.4 is 11.1 Å². The molecule has 1 aromatic heterocycles. The molecular formula is C37H40N8O14. The molecule has 22 heteroatoms. The second-order valence-electron chi connectivity index (χ2n) is 13.4. The number of hydrogen-bond donors (Lipinski definition) is 4. The van der Waals surface area contributed by atoms with Gasteiger partial charge in [0.25, 0.3) is 22.8 Å². The number of carbonyl (C=O) groups excluding carboxylic acids is 1. The summed E-state index contributed by atoms with van der Waals surface area (Å²) in [5.74, 6) is -3.46. The number of aromatic nitrogens is 2. The lowest BCUT2D eigenvalue weighted by Crippen LogP contribution is -2.57. The van der Waals surface area contributed by atoms with Gasteiger partial charge in [0.15, 0.2) is 18.2 Å². The number of esters is 1. The molecule has 6 rings (SSSR count). The Bertz CT molecular complexity index is 2170. The number of non-ortho nitro benzene ring substituents is 3. The van der Waals surface area contributed by atoms with Crippen molar-refractivity contribution in [3.8, 4) is 0 Å². The number of nitrogens with one attached hydrogen (secondary N) is 1. The maximum atomic E-state index is 13.6. The van der Waals surface area contributed by atoms with Gasteiger partial charge in [-0.25, -0.2) is 9.78 Å². The van der Waals surface area contributed by atoms with Gasteiger partial charge < -0.3 is 39.2 Å². The Balaban J connectivity index is 1.19. The largest absolute Gasteiger partial charge is 0.476 e. The number of anilines is 1. The molecule has 5 N–H and O–H groups in total. The Kier molecular flexibility index (Phi) is 13.2. The lowest BCUT2D eigenvalue weighted by molar-refractivity contribution is -0.385. The van der Waals surface area contributed by atoms with Crippen LogP contribution in [0.25, 0.3) is 0 Å². The highest BCUT2D eigenvalue weighted by atomic mass is 16.7.